The monoisotopic (exact) mass is 207 g/mol. The number of aromatic amines is 1. The molecule has 1 aromatic carbocycles. The van der Waals surface area contributed by atoms with E-state index < -0.39 is 0 Å². The molecule has 76 valence electrons. The Morgan fingerprint density at radius 1 is 1.19 bits per heavy atom. The fraction of sp³-hybridized carbons (Fsp3) is 0.0769. The fourth-order valence-corrected chi connectivity index (χ4v) is 1.99. The summed E-state index contributed by atoms with van der Waals surface area (Å²) in [6.07, 6.45) is 4.08. The van der Waals surface area contributed by atoms with Crippen LogP contribution < -0.4 is 0 Å². The second kappa shape index (κ2) is 3.35. The smallest absolute Gasteiger partial charge is 0.0669 e. The molecule has 2 heterocycles. The van der Waals surface area contributed by atoms with E-state index in [0.29, 0.717) is 6.42 Å². The number of hydrogen-bond donors (Lipinski definition) is 1. The van der Waals surface area contributed by atoms with Crippen molar-refractivity contribution in [3.8, 4) is 6.07 Å². The molecule has 0 aliphatic heterocycles. The molecular weight excluding hydrogens is 198 g/mol. The number of aromatic nitrogens is 2. The molecule has 0 unspecified atom stereocenters. The standard InChI is InChI=1S/C13H9N3/c14-5-3-9-1-2-10-11-8-15-6-4-12(11)16-13(10)7-9/h1-2,4,6-8,16H,3H2. The molecule has 3 rings (SSSR count). The maximum absolute atomic E-state index is 8.66. The molecule has 0 fully saturated rings. The Hall–Kier alpha value is -2.34. The summed E-state index contributed by atoms with van der Waals surface area (Å²) < 4.78 is 0. The molecule has 3 aromatic rings. The summed E-state index contributed by atoms with van der Waals surface area (Å²) >= 11 is 0. The maximum Gasteiger partial charge on any atom is 0.0669 e. The van der Waals surface area contributed by atoms with Gasteiger partial charge in [-0.1, -0.05) is 12.1 Å². The average Bonchev–Trinajstić information content (AvgIpc) is 2.67. The fourth-order valence-electron chi connectivity index (χ4n) is 1.99. The van der Waals surface area contributed by atoms with Gasteiger partial charge in [0.1, 0.15) is 0 Å². The molecule has 3 nitrogen and oxygen atoms in total. The summed E-state index contributed by atoms with van der Waals surface area (Å²) in [5.74, 6) is 0. The van der Waals surface area contributed by atoms with Crippen molar-refractivity contribution < 1.29 is 0 Å². The number of pyridine rings is 1. The quantitative estimate of drug-likeness (QED) is 0.667. The van der Waals surface area contributed by atoms with Crippen LogP contribution in [0, 0.1) is 11.3 Å². The van der Waals surface area contributed by atoms with Crippen LogP contribution in [-0.2, 0) is 6.42 Å². The molecule has 1 N–H and O–H groups in total. The van der Waals surface area contributed by atoms with E-state index in [-0.39, 0.29) is 0 Å². The molecule has 0 radical (unpaired) electrons. The molecule has 0 aliphatic carbocycles. The number of H-pyrrole nitrogens is 1. The highest BCUT2D eigenvalue weighted by molar-refractivity contribution is 6.06. The number of hydrogen-bond acceptors (Lipinski definition) is 2. The van der Waals surface area contributed by atoms with Gasteiger partial charge in [-0.2, -0.15) is 5.26 Å². The third kappa shape index (κ3) is 1.24. The van der Waals surface area contributed by atoms with E-state index >= 15 is 0 Å². The first kappa shape index (κ1) is 8.93. The lowest BCUT2D eigenvalue weighted by Gasteiger charge is -1.94. The van der Waals surface area contributed by atoms with Crippen LogP contribution in [-0.4, -0.2) is 9.97 Å². The van der Waals surface area contributed by atoms with Crippen LogP contribution in [0.25, 0.3) is 21.8 Å². The van der Waals surface area contributed by atoms with Gasteiger partial charge in [0, 0.05) is 34.2 Å². The summed E-state index contributed by atoms with van der Waals surface area (Å²) in [6.45, 7) is 0. The van der Waals surface area contributed by atoms with Crippen LogP contribution in [0.3, 0.4) is 0 Å². The average molecular weight is 207 g/mol. The molecule has 0 aliphatic rings. The molecule has 2 aromatic heterocycles. The third-order valence-electron chi connectivity index (χ3n) is 2.75. The van der Waals surface area contributed by atoms with Gasteiger partial charge in [0.05, 0.1) is 12.5 Å². The molecular formula is C13H9N3. The van der Waals surface area contributed by atoms with Crippen LogP contribution in [0.4, 0.5) is 0 Å². The van der Waals surface area contributed by atoms with E-state index in [4.69, 9.17) is 5.26 Å². The first-order valence-electron chi connectivity index (χ1n) is 5.10. The van der Waals surface area contributed by atoms with Crippen molar-refractivity contribution in [3.63, 3.8) is 0 Å². The Bertz CT molecular complexity index is 704. The van der Waals surface area contributed by atoms with E-state index in [1.54, 1.807) is 6.20 Å². The van der Waals surface area contributed by atoms with E-state index in [2.05, 4.69) is 16.0 Å². The van der Waals surface area contributed by atoms with Crippen molar-refractivity contribution in [2.75, 3.05) is 0 Å². The zero-order valence-corrected chi connectivity index (χ0v) is 8.57. The van der Waals surface area contributed by atoms with Crippen molar-refractivity contribution in [2.45, 2.75) is 6.42 Å². The van der Waals surface area contributed by atoms with Crippen molar-refractivity contribution in [3.05, 3.63) is 42.2 Å². The normalized spacial score (nSPS) is 10.7. The van der Waals surface area contributed by atoms with Crippen molar-refractivity contribution >= 4 is 21.8 Å². The number of nitrogens with one attached hydrogen (secondary N) is 1. The van der Waals surface area contributed by atoms with Crippen LogP contribution >= 0.6 is 0 Å². The molecule has 0 amide bonds. The van der Waals surface area contributed by atoms with Crippen LogP contribution in [0.15, 0.2) is 36.7 Å². The van der Waals surface area contributed by atoms with Crippen LogP contribution in [0.1, 0.15) is 5.56 Å². The summed E-state index contributed by atoms with van der Waals surface area (Å²) in [5, 5.41) is 10.9. The first-order valence-corrected chi connectivity index (χ1v) is 5.10. The lowest BCUT2D eigenvalue weighted by molar-refractivity contribution is 1.27. The number of nitriles is 1. The SMILES string of the molecule is N#CCc1ccc2c(c1)[nH]c1ccncc12. The van der Waals surface area contributed by atoms with Gasteiger partial charge < -0.3 is 4.98 Å². The van der Waals surface area contributed by atoms with E-state index in [0.717, 1.165) is 27.4 Å². The van der Waals surface area contributed by atoms with Gasteiger partial charge in [0.15, 0.2) is 0 Å². The van der Waals surface area contributed by atoms with Gasteiger partial charge in [0.2, 0.25) is 0 Å². The highest BCUT2D eigenvalue weighted by Crippen LogP contribution is 2.25. The Balaban J connectivity index is 2.33. The van der Waals surface area contributed by atoms with Gasteiger partial charge in [-0.05, 0) is 17.7 Å². The largest absolute Gasteiger partial charge is 0.354 e. The van der Waals surface area contributed by atoms with Crippen molar-refractivity contribution in [1.82, 2.24) is 9.97 Å². The van der Waals surface area contributed by atoms with Gasteiger partial charge in [-0.15, -0.1) is 0 Å². The maximum atomic E-state index is 8.66. The minimum Gasteiger partial charge on any atom is -0.354 e. The van der Waals surface area contributed by atoms with Crippen molar-refractivity contribution in [1.29, 1.82) is 5.26 Å². The molecule has 0 bridgehead atoms. The third-order valence-corrected chi connectivity index (χ3v) is 2.75. The van der Waals surface area contributed by atoms with Crippen LogP contribution in [0.2, 0.25) is 0 Å². The van der Waals surface area contributed by atoms with Crippen molar-refractivity contribution in [2.24, 2.45) is 0 Å². The number of fused-ring (bicyclic) bond motifs is 3. The number of nitrogens with zero attached hydrogens (tertiary/aromatic N) is 2. The number of rotatable bonds is 1. The molecule has 0 saturated heterocycles. The van der Waals surface area contributed by atoms with E-state index in [9.17, 15) is 0 Å². The predicted octanol–water partition coefficient (Wildman–Crippen LogP) is 2.78. The summed E-state index contributed by atoms with van der Waals surface area (Å²) in [5.41, 5.74) is 3.18. The van der Waals surface area contributed by atoms with Gasteiger partial charge in [-0.3, -0.25) is 4.98 Å². The molecule has 16 heavy (non-hydrogen) atoms. The van der Waals surface area contributed by atoms with Gasteiger partial charge >= 0.3 is 0 Å². The Kier molecular flexibility index (Phi) is 1.87. The molecule has 0 spiro atoms. The van der Waals surface area contributed by atoms with E-state index in [1.165, 1.54) is 0 Å². The Morgan fingerprint density at radius 3 is 3.00 bits per heavy atom. The van der Waals surface area contributed by atoms with Gasteiger partial charge in [-0.25, -0.2) is 0 Å². The second-order valence-electron chi connectivity index (χ2n) is 3.76. The minimum atomic E-state index is 0.448. The minimum absolute atomic E-state index is 0.448. The lowest BCUT2D eigenvalue weighted by atomic mass is 10.1. The molecule has 0 atom stereocenters. The Labute approximate surface area is 92.3 Å². The van der Waals surface area contributed by atoms with Gasteiger partial charge in [0.25, 0.3) is 0 Å². The molecule has 3 heteroatoms. The Morgan fingerprint density at radius 2 is 2.12 bits per heavy atom. The lowest BCUT2D eigenvalue weighted by Crippen LogP contribution is -1.80. The second-order valence-corrected chi connectivity index (χ2v) is 3.76. The summed E-state index contributed by atoms with van der Waals surface area (Å²) in [4.78, 5) is 7.45. The topological polar surface area (TPSA) is 52.5 Å². The first-order chi connectivity index (χ1) is 7.88. The zero-order chi connectivity index (χ0) is 11.0. The summed E-state index contributed by atoms with van der Waals surface area (Å²) in [7, 11) is 0. The molecule has 0 saturated carbocycles. The number of benzene rings is 1. The summed E-state index contributed by atoms with van der Waals surface area (Å²) in [6, 6.07) is 10.2. The highest BCUT2D eigenvalue weighted by Gasteiger charge is 2.04. The predicted molar refractivity (Wildman–Crippen MR) is 62.9 cm³/mol. The van der Waals surface area contributed by atoms with E-state index in [1.807, 2.05) is 30.5 Å². The zero-order valence-electron chi connectivity index (χ0n) is 8.57. The highest BCUT2D eigenvalue weighted by atomic mass is 14.7. The van der Waals surface area contributed by atoms with Crippen LogP contribution in [0.5, 0.6) is 0 Å².